The van der Waals surface area contributed by atoms with Gasteiger partial charge < -0.3 is 14.3 Å². The highest BCUT2D eigenvalue weighted by Crippen LogP contribution is 2.40. The van der Waals surface area contributed by atoms with E-state index < -0.39 is 23.0 Å². The van der Waals surface area contributed by atoms with Crippen LogP contribution in [0.3, 0.4) is 0 Å². The number of tetrazole rings is 1. The molecule has 1 aliphatic carbocycles. The first-order chi connectivity index (χ1) is 21.8. The highest BCUT2D eigenvalue weighted by molar-refractivity contribution is 6.08. The predicted molar refractivity (Wildman–Crippen MR) is 162 cm³/mol. The van der Waals surface area contributed by atoms with Gasteiger partial charge in [0.1, 0.15) is 11.4 Å². The van der Waals surface area contributed by atoms with Gasteiger partial charge in [-0.25, -0.2) is 4.79 Å². The zero-order valence-corrected chi connectivity index (χ0v) is 25.5. The summed E-state index contributed by atoms with van der Waals surface area (Å²) < 4.78 is 10.1. The summed E-state index contributed by atoms with van der Waals surface area (Å²) in [6, 6.07) is 15.8. The molecule has 5 rings (SSSR count). The number of amidine groups is 1. The van der Waals surface area contributed by atoms with Crippen LogP contribution in [0.25, 0.3) is 22.5 Å². The number of unbranched alkanes of at least 4 members (excludes halogenated alkanes) is 1. The number of carbonyl (C=O) groups excluding carboxylic acids is 2. The number of nitrogens with zero attached hydrogens (tertiary/aromatic N) is 7. The fourth-order valence-corrected chi connectivity index (χ4v) is 5.66. The van der Waals surface area contributed by atoms with Crippen molar-refractivity contribution in [3.8, 4) is 22.5 Å². The zero-order valence-electron chi connectivity index (χ0n) is 25.5. The summed E-state index contributed by atoms with van der Waals surface area (Å²) in [7, 11) is 0. The van der Waals surface area contributed by atoms with Gasteiger partial charge in [-0.05, 0) is 48.1 Å². The largest absolute Gasteiger partial charge is 0.510 e. The molecule has 1 saturated carbocycles. The molecule has 0 bridgehead atoms. The maximum atomic E-state index is 13.5. The molecule has 1 spiro atoms. The van der Waals surface area contributed by atoms with Crippen molar-refractivity contribution in [2.75, 3.05) is 13.2 Å². The second-order valence-corrected chi connectivity index (χ2v) is 11.2. The second-order valence-electron chi connectivity index (χ2n) is 11.2. The fourth-order valence-electron chi connectivity index (χ4n) is 5.66. The molecule has 1 unspecified atom stereocenters. The molecule has 238 valence electrons. The van der Waals surface area contributed by atoms with Crippen molar-refractivity contribution >= 4 is 17.9 Å². The number of benzene rings is 2. The first-order valence-electron chi connectivity index (χ1n) is 15.3. The summed E-state index contributed by atoms with van der Waals surface area (Å²) in [5, 5.41) is 21.9. The van der Waals surface area contributed by atoms with Crippen LogP contribution < -0.4 is 0 Å². The lowest BCUT2D eigenvalue weighted by Crippen LogP contribution is -2.40. The molecule has 0 radical (unpaired) electrons. The molecule has 1 atom stereocenters. The van der Waals surface area contributed by atoms with E-state index in [0.717, 1.165) is 77.8 Å². The van der Waals surface area contributed by atoms with Crippen LogP contribution >= 0.6 is 0 Å². The minimum Gasteiger partial charge on any atom is -0.434 e. The maximum absolute atomic E-state index is 13.5. The summed E-state index contributed by atoms with van der Waals surface area (Å²) in [4.78, 5) is 47.9. The van der Waals surface area contributed by atoms with Crippen molar-refractivity contribution in [2.45, 2.75) is 83.5 Å². The highest BCUT2D eigenvalue weighted by Gasteiger charge is 2.49. The Labute approximate surface area is 260 Å². The summed E-state index contributed by atoms with van der Waals surface area (Å²) in [6.07, 6.45) is 4.89. The van der Waals surface area contributed by atoms with E-state index in [-0.39, 0.29) is 25.5 Å². The van der Waals surface area contributed by atoms with E-state index in [9.17, 15) is 19.7 Å². The number of hydrogen-bond donors (Lipinski definition) is 0. The number of aromatic nitrogens is 4. The molecule has 1 fully saturated rings. The molecular weight excluding hydrogens is 582 g/mol. The molecule has 0 N–H and O–H groups in total. The van der Waals surface area contributed by atoms with E-state index >= 15 is 0 Å². The van der Waals surface area contributed by atoms with Crippen molar-refractivity contribution < 1.29 is 29.0 Å². The number of ether oxygens (including phenoxy) is 2. The van der Waals surface area contributed by atoms with Crippen LogP contribution in [0.2, 0.25) is 0 Å². The van der Waals surface area contributed by atoms with Gasteiger partial charge in [-0.3, -0.25) is 14.7 Å². The van der Waals surface area contributed by atoms with Crippen molar-refractivity contribution in [1.29, 1.82) is 0 Å². The second kappa shape index (κ2) is 14.3. The van der Waals surface area contributed by atoms with Crippen LogP contribution in [-0.4, -0.2) is 66.8 Å². The van der Waals surface area contributed by atoms with Gasteiger partial charge in [0.25, 0.3) is 11.0 Å². The number of amides is 1. The lowest BCUT2D eigenvalue weighted by atomic mass is 9.97. The van der Waals surface area contributed by atoms with Gasteiger partial charge in [-0.15, -0.1) is 25.1 Å². The molecule has 14 nitrogen and oxygen atoms in total. The first kappa shape index (κ1) is 31.5. The Morgan fingerprint density at radius 2 is 1.80 bits per heavy atom. The first-order valence-corrected chi connectivity index (χ1v) is 15.3. The summed E-state index contributed by atoms with van der Waals surface area (Å²) >= 11 is 0. The number of carbonyl (C=O) groups is 2. The molecular formula is C31H37N7O7. The molecule has 3 aromatic rings. The molecule has 14 heteroatoms. The average Bonchev–Trinajstić information content (AvgIpc) is 3.78. The number of aliphatic imine (C=N–C) groups is 1. The lowest BCUT2D eigenvalue weighted by molar-refractivity contribution is -0.757. The highest BCUT2D eigenvalue weighted by atomic mass is 16.9. The normalized spacial score (nSPS) is 16.1. The molecule has 2 heterocycles. The zero-order chi connectivity index (χ0) is 31.8. The molecule has 1 aliphatic heterocycles. The van der Waals surface area contributed by atoms with E-state index in [1.54, 1.807) is 6.92 Å². The summed E-state index contributed by atoms with van der Waals surface area (Å²) in [6.45, 7) is 3.90. The van der Waals surface area contributed by atoms with Crippen molar-refractivity contribution in [3.63, 3.8) is 0 Å². The third-order valence-electron chi connectivity index (χ3n) is 7.98. The Morgan fingerprint density at radius 3 is 2.51 bits per heavy atom. The van der Waals surface area contributed by atoms with Gasteiger partial charge >= 0.3 is 6.16 Å². The van der Waals surface area contributed by atoms with Crippen LogP contribution in [0.5, 0.6) is 0 Å². The lowest BCUT2D eigenvalue weighted by Gasteiger charge is -2.23. The Bertz CT molecular complexity index is 1530. The molecule has 45 heavy (non-hydrogen) atoms. The van der Waals surface area contributed by atoms with E-state index in [1.807, 2.05) is 53.4 Å². The van der Waals surface area contributed by atoms with E-state index in [4.69, 9.17) is 14.5 Å². The van der Waals surface area contributed by atoms with Gasteiger partial charge in [0.2, 0.25) is 12.1 Å². The SMILES string of the molecule is CCCCC1=NC2(CCCC2)C(=O)N1Cc1ccc(-c2ccccc2-c2nnn(C(C)OC(=O)OCCCO[N+](=O)[O-])n2)cc1. The van der Waals surface area contributed by atoms with Gasteiger partial charge in [0.05, 0.1) is 19.8 Å². The van der Waals surface area contributed by atoms with Gasteiger partial charge in [-0.2, -0.15) is 0 Å². The Kier molecular flexibility index (Phi) is 10.0. The Balaban J connectivity index is 1.24. The summed E-state index contributed by atoms with van der Waals surface area (Å²) in [5.41, 5.74) is 3.05. The minimum absolute atomic E-state index is 0.107. The number of rotatable bonds is 14. The average molecular weight is 620 g/mol. The van der Waals surface area contributed by atoms with Crippen LogP contribution in [0.15, 0.2) is 53.5 Å². The smallest absolute Gasteiger partial charge is 0.434 e. The topological polar surface area (TPSA) is 164 Å². The standard InChI is InChI=1S/C31H37N7O7/c1-3-4-12-27-32-31(17-7-8-18-31)29(39)36(27)21-23-13-15-24(16-14-23)25-10-5-6-11-26(25)28-33-35-37(34-28)22(2)45-30(40)43-19-9-20-44-38(41)42/h5-6,10-11,13-16,22H,3-4,7-9,12,17-21H2,1-2H3. The van der Waals surface area contributed by atoms with E-state index in [1.165, 1.54) is 0 Å². The van der Waals surface area contributed by atoms with E-state index in [2.05, 4.69) is 27.2 Å². The molecule has 2 aromatic carbocycles. The van der Waals surface area contributed by atoms with Gasteiger partial charge in [0.15, 0.2) is 0 Å². The molecule has 1 amide bonds. The van der Waals surface area contributed by atoms with Crippen LogP contribution in [0.4, 0.5) is 4.79 Å². The fraction of sp³-hybridized carbons (Fsp3) is 0.484. The Morgan fingerprint density at radius 1 is 1.07 bits per heavy atom. The quantitative estimate of drug-likeness (QED) is 0.0971. The summed E-state index contributed by atoms with van der Waals surface area (Å²) in [5.74, 6) is 1.40. The van der Waals surface area contributed by atoms with Gasteiger partial charge in [0, 0.05) is 18.4 Å². The monoisotopic (exact) mass is 619 g/mol. The number of hydrogen-bond acceptors (Lipinski definition) is 11. The Hall–Kier alpha value is -4.88. The molecule has 1 aromatic heterocycles. The van der Waals surface area contributed by atoms with Crippen LogP contribution in [-0.2, 0) is 25.7 Å². The van der Waals surface area contributed by atoms with Gasteiger partial charge in [-0.1, -0.05) is 74.7 Å². The van der Waals surface area contributed by atoms with Crippen molar-refractivity contribution in [2.24, 2.45) is 4.99 Å². The van der Waals surface area contributed by atoms with Crippen molar-refractivity contribution in [3.05, 3.63) is 64.2 Å². The maximum Gasteiger partial charge on any atom is 0.510 e. The predicted octanol–water partition coefficient (Wildman–Crippen LogP) is 5.52. The van der Waals surface area contributed by atoms with Crippen LogP contribution in [0, 0.1) is 10.1 Å². The molecule has 2 aliphatic rings. The van der Waals surface area contributed by atoms with Crippen LogP contribution in [0.1, 0.15) is 77.0 Å². The minimum atomic E-state index is -0.972. The third kappa shape index (κ3) is 7.44. The molecule has 0 saturated heterocycles. The van der Waals surface area contributed by atoms with E-state index in [0.29, 0.717) is 12.4 Å². The third-order valence-corrected chi connectivity index (χ3v) is 7.98. The van der Waals surface area contributed by atoms with Crippen molar-refractivity contribution in [1.82, 2.24) is 25.1 Å².